The molecule has 0 unspecified atom stereocenters. The molecule has 3 aliphatic rings. The predicted molar refractivity (Wildman–Crippen MR) is 138 cm³/mol. The summed E-state index contributed by atoms with van der Waals surface area (Å²) in [4.78, 5) is 31.4. The van der Waals surface area contributed by atoms with Crippen molar-refractivity contribution in [3.63, 3.8) is 0 Å². The standard InChI is InChI=1S/C26H24ClN7O/c27-17-11-16-20(12-22(17)34-10-7-28-14-34)32-26(35)23(25-30-18-3-1-2-4-19(18)31-25)24(16)29-21-13-33-8-5-15(21)6-9-33/h1-4,7,10-12,14-15,21H,5-6,8-9,13H2,(H,30,31)(H2,29,32,35)/t21-/m0/s1. The summed E-state index contributed by atoms with van der Waals surface area (Å²) in [5.41, 5.74) is 4.29. The zero-order valence-electron chi connectivity index (χ0n) is 19.0. The Hall–Kier alpha value is -3.62. The summed E-state index contributed by atoms with van der Waals surface area (Å²) in [6.45, 7) is 3.27. The molecule has 8 rings (SSSR count). The average Bonchev–Trinajstić information content (AvgIpc) is 3.55. The second kappa shape index (κ2) is 7.96. The van der Waals surface area contributed by atoms with E-state index in [1.165, 1.54) is 12.8 Å². The average molecular weight is 486 g/mol. The predicted octanol–water partition coefficient (Wildman–Crippen LogP) is 4.42. The number of pyridine rings is 1. The second-order valence-corrected chi connectivity index (χ2v) is 9.92. The Morgan fingerprint density at radius 1 is 1.09 bits per heavy atom. The molecule has 8 nitrogen and oxygen atoms in total. The fourth-order valence-electron chi connectivity index (χ4n) is 5.67. The van der Waals surface area contributed by atoms with Crippen molar-refractivity contribution >= 4 is 39.2 Å². The van der Waals surface area contributed by atoms with E-state index in [4.69, 9.17) is 16.6 Å². The molecule has 0 amide bonds. The van der Waals surface area contributed by atoms with E-state index in [0.717, 1.165) is 47.4 Å². The van der Waals surface area contributed by atoms with Crippen LogP contribution in [0.3, 0.4) is 0 Å². The molecular weight excluding hydrogens is 462 g/mol. The number of halogens is 1. The molecule has 2 aromatic carbocycles. The lowest BCUT2D eigenvalue weighted by molar-refractivity contribution is 0.0976. The van der Waals surface area contributed by atoms with Crippen LogP contribution >= 0.6 is 11.6 Å². The highest BCUT2D eigenvalue weighted by molar-refractivity contribution is 6.33. The SMILES string of the molecule is O=c1[nH]c2cc(-n3ccnc3)c(Cl)cc2c(N[C@H]2CN3CCC2CC3)c1-c1nc2ccccc2[nH]1. The van der Waals surface area contributed by atoms with Crippen LogP contribution in [0.2, 0.25) is 5.02 Å². The van der Waals surface area contributed by atoms with Gasteiger partial charge in [-0.3, -0.25) is 4.79 Å². The minimum atomic E-state index is -0.195. The molecule has 176 valence electrons. The molecule has 9 heteroatoms. The van der Waals surface area contributed by atoms with Gasteiger partial charge in [0.1, 0.15) is 11.4 Å². The molecule has 35 heavy (non-hydrogen) atoms. The molecule has 0 saturated carbocycles. The number of aromatic nitrogens is 5. The number of H-pyrrole nitrogens is 2. The first-order valence-corrected chi connectivity index (χ1v) is 12.3. The zero-order chi connectivity index (χ0) is 23.5. The Morgan fingerprint density at radius 3 is 2.69 bits per heavy atom. The number of benzene rings is 2. The molecule has 3 N–H and O–H groups in total. The first-order chi connectivity index (χ1) is 17.1. The van der Waals surface area contributed by atoms with E-state index in [2.05, 4.69) is 25.2 Å². The third-order valence-electron chi connectivity index (χ3n) is 7.48. The van der Waals surface area contributed by atoms with E-state index in [1.54, 1.807) is 12.5 Å². The van der Waals surface area contributed by atoms with E-state index in [9.17, 15) is 4.79 Å². The van der Waals surface area contributed by atoms with Crippen LogP contribution in [0, 0.1) is 5.92 Å². The zero-order valence-corrected chi connectivity index (χ0v) is 19.7. The molecule has 5 aromatic rings. The van der Waals surface area contributed by atoms with E-state index < -0.39 is 0 Å². The molecule has 6 heterocycles. The van der Waals surface area contributed by atoms with Crippen LogP contribution in [0.1, 0.15) is 12.8 Å². The van der Waals surface area contributed by atoms with Crippen molar-refractivity contribution in [2.45, 2.75) is 18.9 Å². The quantitative estimate of drug-likeness (QED) is 0.350. The Labute approximate surface area is 206 Å². The fraction of sp³-hybridized carbons (Fsp3) is 0.269. The van der Waals surface area contributed by atoms with Crippen LogP contribution < -0.4 is 10.9 Å². The highest BCUT2D eigenvalue weighted by atomic mass is 35.5. The van der Waals surface area contributed by atoms with E-state index in [0.29, 0.717) is 27.8 Å². The highest BCUT2D eigenvalue weighted by Crippen LogP contribution is 2.37. The number of imidazole rings is 2. The van der Waals surface area contributed by atoms with Crippen LogP contribution in [-0.4, -0.2) is 55.1 Å². The number of aromatic amines is 2. The molecule has 0 aliphatic carbocycles. The van der Waals surface area contributed by atoms with E-state index in [1.807, 2.05) is 47.2 Å². The van der Waals surface area contributed by atoms with E-state index in [-0.39, 0.29) is 11.6 Å². The highest BCUT2D eigenvalue weighted by Gasteiger charge is 2.35. The molecule has 3 fully saturated rings. The number of fused-ring (bicyclic) bond motifs is 5. The smallest absolute Gasteiger partial charge is 0.261 e. The Kier molecular flexibility index (Phi) is 4.72. The lowest BCUT2D eigenvalue weighted by Gasteiger charge is -2.45. The number of para-hydroxylation sites is 2. The first kappa shape index (κ1) is 20.7. The largest absolute Gasteiger partial charge is 0.379 e. The van der Waals surface area contributed by atoms with Crippen molar-refractivity contribution in [2.24, 2.45) is 5.92 Å². The van der Waals surface area contributed by atoms with Crippen molar-refractivity contribution < 1.29 is 0 Å². The Bertz CT molecular complexity index is 1580. The van der Waals surface area contributed by atoms with Crippen LogP contribution in [0.5, 0.6) is 0 Å². The monoisotopic (exact) mass is 485 g/mol. The van der Waals surface area contributed by atoms with Crippen molar-refractivity contribution in [3.8, 4) is 17.1 Å². The minimum absolute atomic E-state index is 0.195. The Morgan fingerprint density at radius 2 is 1.94 bits per heavy atom. The fourth-order valence-corrected chi connectivity index (χ4v) is 5.93. The van der Waals surface area contributed by atoms with Crippen LogP contribution in [0.15, 0.2) is 59.9 Å². The number of hydrogen-bond acceptors (Lipinski definition) is 5. The summed E-state index contributed by atoms with van der Waals surface area (Å²) in [6, 6.07) is 11.9. The van der Waals surface area contributed by atoms with Gasteiger partial charge in [0, 0.05) is 30.4 Å². The third-order valence-corrected chi connectivity index (χ3v) is 7.78. The van der Waals surface area contributed by atoms with Gasteiger partial charge in [0.25, 0.3) is 5.56 Å². The Balaban J connectivity index is 1.45. The molecular formula is C26H24ClN7O. The maximum Gasteiger partial charge on any atom is 0.261 e. The van der Waals surface area contributed by atoms with Crippen molar-refractivity contribution in [1.29, 1.82) is 0 Å². The second-order valence-electron chi connectivity index (χ2n) is 9.51. The number of anilines is 1. The van der Waals surface area contributed by atoms with Gasteiger partial charge in [0.15, 0.2) is 0 Å². The summed E-state index contributed by atoms with van der Waals surface area (Å²) < 4.78 is 1.84. The van der Waals surface area contributed by atoms with Crippen LogP contribution in [0.25, 0.3) is 39.0 Å². The third kappa shape index (κ3) is 3.44. The van der Waals surface area contributed by atoms with Gasteiger partial charge >= 0.3 is 0 Å². The molecule has 0 radical (unpaired) electrons. The van der Waals surface area contributed by atoms with Crippen molar-refractivity contribution in [1.82, 2.24) is 29.4 Å². The number of hydrogen-bond donors (Lipinski definition) is 3. The van der Waals surface area contributed by atoms with Crippen LogP contribution in [0.4, 0.5) is 5.69 Å². The van der Waals surface area contributed by atoms with Gasteiger partial charge < -0.3 is 24.8 Å². The van der Waals surface area contributed by atoms with Gasteiger partial charge in [-0.15, -0.1) is 0 Å². The summed E-state index contributed by atoms with van der Waals surface area (Å²) in [5, 5.41) is 5.23. The maximum absolute atomic E-state index is 13.6. The lowest BCUT2D eigenvalue weighted by atomic mass is 9.83. The van der Waals surface area contributed by atoms with Gasteiger partial charge in [-0.1, -0.05) is 23.7 Å². The molecule has 3 aliphatic heterocycles. The molecule has 3 saturated heterocycles. The summed E-state index contributed by atoms with van der Waals surface area (Å²) in [5.74, 6) is 1.13. The van der Waals surface area contributed by atoms with Gasteiger partial charge in [-0.05, 0) is 56.1 Å². The summed E-state index contributed by atoms with van der Waals surface area (Å²) >= 11 is 6.77. The number of piperidine rings is 3. The lowest BCUT2D eigenvalue weighted by Crippen LogP contribution is -2.53. The minimum Gasteiger partial charge on any atom is -0.379 e. The van der Waals surface area contributed by atoms with Crippen LogP contribution in [-0.2, 0) is 0 Å². The van der Waals surface area contributed by atoms with Gasteiger partial charge in [0.2, 0.25) is 0 Å². The molecule has 3 aromatic heterocycles. The number of nitrogens with zero attached hydrogens (tertiary/aromatic N) is 4. The summed E-state index contributed by atoms with van der Waals surface area (Å²) in [6.07, 6.45) is 7.57. The van der Waals surface area contributed by atoms with Crippen molar-refractivity contribution in [3.05, 3.63) is 70.5 Å². The van der Waals surface area contributed by atoms with Gasteiger partial charge in [0.05, 0.1) is 39.3 Å². The van der Waals surface area contributed by atoms with Crippen molar-refractivity contribution in [2.75, 3.05) is 25.0 Å². The van der Waals surface area contributed by atoms with Gasteiger partial charge in [-0.25, -0.2) is 9.97 Å². The topological polar surface area (TPSA) is 94.6 Å². The normalized spacial score (nSPS) is 21.7. The molecule has 2 bridgehead atoms. The maximum atomic E-state index is 13.6. The first-order valence-electron chi connectivity index (χ1n) is 12.0. The number of rotatable bonds is 4. The van der Waals surface area contributed by atoms with Gasteiger partial charge in [-0.2, -0.15) is 0 Å². The van der Waals surface area contributed by atoms with E-state index >= 15 is 0 Å². The number of nitrogens with one attached hydrogen (secondary N) is 3. The molecule has 0 spiro atoms. The summed E-state index contributed by atoms with van der Waals surface area (Å²) in [7, 11) is 0. The molecule has 1 atom stereocenters.